The van der Waals surface area contributed by atoms with Crippen LogP contribution in [-0.2, 0) is 9.59 Å². The highest BCUT2D eigenvalue weighted by atomic mass is 32.2. The van der Waals surface area contributed by atoms with Gasteiger partial charge in [-0.3, -0.25) is 14.4 Å². The van der Waals surface area contributed by atoms with Crippen molar-refractivity contribution in [1.29, 1.82) is 0 Å². The van der Waals surface area contributed by atoms with Gasteiger partial charge in [0.2, 0.25) is 5.91 Å². The third-order valence-electron chi connectivity index (χ3n) is 7.49. The van der Waals surface area contributed by atoms with Crippen LogP contribution in [0.5, 0.6) is 0 Å². The Morgan fingerprint density at radius 2 is 1.82 bits per heavy atom. The molecular formula is C26H29N3O3S. The molecule has 5 rings (SSSR count). The molecule has 1 saturated heterocycles. The molecule has 1 saturated carbocycles. The highest BCUT2D eigenvalue weighted by molar-refractivity contribution is 7.98. The maximum absolute atomic E-state index is 14.2. The molecule has 6 nitrogen and oxygen atoms in total. The smallest absolute Gasteiger partial charge is 0.254 e. The number of fused-ring (bicyclic) bond motifs is 3. The molecule has 0 aromatic heterocycles. The lowest BCUT2D eigenvalue weighted by Gasteiger charge is -2.46. The number of amides is 3. The van der Waals surface area contributed by atoms with Crippen LogP contribution >= 0.6 is 11.8 Å². The first-order chi connectivity index (χ1) is 15.9. The summed E-state index contributed by atoms with van der Waals surface area (Å²) in [5, 5.41) is 2.77. The van der Waals surface area contributed by atoms with Crippen LogP contribution in [0.1, 0.15) is 41.6 Å². The summed E-state index contributed by atoms with van der Waals surface area (Å²) in [6.07, 6.45) is 4.23. The van der Waals surface area contributed by atoms with Crippen molar-refractivity contribution in [3.05, 3.63) is 59.7 Å². The van der Waals surface area contributed by atoms with Crippen LogP contribution in [0.4, 0.5) is 5.69 Å². The van der Waals surface area contributed by atoms with Gasteiger partial charge in [0.05, 0.1) is 5.92 Å². The average molecular weight is 464 g/mol. The molecule has 3 amide bonds. The molecule has 33 heavy (non-hydrogen) atoms. The van der Waals surface area contributed by atoms with E-state index in [1.54, 1.807) is 23.7 Å². The van der Waals surface area contributed by atoms with Gasteiger partial charge in [0.25, 0.3) is 11.8 Å². The van der Waals surface area contributed by atoms with Crippen molar-refractivity contribution in [1.82, 2.24) is 10.2 Å². The number of para-hydroxylation sites is 1. The summed E-state index contributed by atoms with van der Waals surface area (Å²) in [5.74, 6) is -0.827. The van der Waals surface area contributed by atoms with Gasteiger partial charge in [-0.2, -0.15) is 0 Å². The summed E-state index contributed by atoms with van der Waals surface area (Å²) in [5.41, 5.74) is 1.26. The summed E-state index contributed by atoms with van der Waals surface area (Å²) in [6.45, 7) is 2.72. The second-order valence-electron chi connectivity index (χ2n) is 9.41. The second-order valence-corrected chi connectivity index (χ2v) is 10.3. The number of likely N-dealkylation sites (tertiary alicyclic amines) is 1. The van der Waals surface area contributed by atoms with E-state index in [9.17, 15) is 14.4 Å². The first-order valence-corrected chi connectivity index (χ1v) is 12.7. The number of nitrogens with one attached hydrogen (secondary N) is 1. The number of anilines is 1. The number of thioether (sulfide) groups is 1. The van der Waals surface area contributed by atoms with Crippen molar-refractivity contribution in [2.24, 2.45) is 11.8 Å². The van der Waals surface area contributed by atoms with Gasteiger partial charge in [0, 0.05) is 42.2 Å². The third-order valence-corrected chi connectivity index (χ3v) is 8.24. The van der Waals surface area contributed by atoms with Gasteiger partial charge in [-0.1, -0.05) is 18.2 Å². The maximum atomic E-state index is 14.2. The first-order valence-electron chi connectivity index (χ1n) is 11.5. The summed E-state index contributed by atoms with van der Waals surface area (Å²) in [4.78, 5) is 45.5. The van der Waals surface area contributed by atoms with Gasteiger partial charge >= 0.3 is 0 Å². The van der Waals surface area contributed by atoms with Crippen molar-refractivity contribution in [3.8, 4) is 0 Å². The first kappa shape index (κ1) is 22.0. The minimum atomic E-state index is -1.13. The normalized spacial score (nSPS) is 26.1. The Hall–Kier alpha value is -2.80. The van der Waals surface area contributed by atoms with E-state index >= 15 is 0 Å². The number of carbonyl (C=O) groups is 3. The summed E-state index contributed by atoms with van der Waals surface area (Å²) >= 11 is 1.61. The molecule has 3 aliphatic rings. The van der Waals surface area contributed by atoms with Crippen LogP contribution in [0.2, 0.25) is 0 Å². The zero-order valence-corrected chi connectivity index (χ0v) is 20.0. The van der Waals surface area contributed by atoms with Crippen LogP contribution < -0.4 is 10.2 Å². The average Bonchev–Trinajstić information content (AvgIpc) is 3.61. The van der Waals surface area contributed by atoms with Gasteiger partial charge in [0.15, 0.2) is 0 Å². The lowest BCUT2D eigenvalue weighted by atomic mass is 9.71. The number of benzene rings is 2. The third kappa shape index (κ3) is 3.44. The van der Waals surface area contributed by atoms with Gasteiger partial charge < -0.3 is 15.1 Å². The number of hydrogen-bond acceptors (Lipinski definition) is 4. The molecular weight excluding hydrogens is 434 g/mol. The zero-order chi connectivity index (χ0) is 23.3. The van der Waals surface area contributed by atoms with Gasteiger partial charge in [-0.25, -0.2) is 0 Å². The van der Waals surface area contributed by atoms with E-state index in [1.807, 2.05) is 66.6 Å². The molecule has 0 spiro atoms. The number of carbonyl (C=O) groups excluding carboxylic acids is 3. The highest BCUT2D eigenvalue weighted by Gasteiger charge is 2.63. The van der Waals surface area contributed by atoms with Gasteiger partial charge in [-0.15, -0.1) is 11.8 Å². The SMILES string of the molecule is CNC(=O)[C@H]1CN(C(=O)c2ccc(SC)cc2)[C@]2(C)C(=O)N(CC3CC3)c3ccccc3[C@H]12. The highest BCUT2D eigenvalue weighted by Crippen LogP contribution is 2.54. The second kappa shape index (κ2) is 8.20. The van der Waals surface area contributed by atoms with Crippen molar-refractivity contribution in [3.63, 3.8) is 0 Å². The van der Waals surface area contributed by atoms with Crippen molar-refractivity contribution >= 4 is 35.2 Å². The Kier molecular flexibility index (Phi) is 5.47. The lowest BCUT2D eigenvalue weighted by Crippen LogP contribution is -2.62. The quantitative estimate of drug-likeness (QED) is 0.689. The number of rotatable bonds is 5. The topological polar surface area (TPSA) is 69.7 Å². The van der Waals surface area contributed by atoms with Crippen LogP contribution in [-0.4, -0.2) is 54.6 Å². The van der Waals surface area contributed by atoms with Gasteiger partial charge in [0.1, 0.15) is 5.54 Å². The van der Waals surface area contributed by atoms with E-state index in [2.05, 4.69) is 5.32 Å². The Morgan fingerprint density at radius 3 is 2.45 bits per heavy atom. The Morgan fingerprint density at radius 1 is 1.12 bits per heavy atom. The molecule has 0 unspecified atom stereocenters. The van der Waals surface area contributed by atoms with Crippen LogP contribution in [0.25, 0.3) is 0 Å². The Labute approximate surface area is 198 Å². The Bertz CT molecular complexity index is 1110. The molecule has 3 atom stereocenters. The maximum Gasteiger partial charge on any atom is 0.254 e. The van der Waals surface area contributed by atoms with E-state index in [1.165, 1.54) is 0 Å². The van der Waals surface area contributed by atoms with Crippen LogP contribution in [0.15, 0.2) is 53.4 Å². The fraction of sp³-hybridized carbons (Fsp3) is 0.423. The predicted octanol–water partition coefficient (Wildman–Crippen LogP) is 3.53. The van der Waals surface area contributed by atoms with E-state index in [-0.39, 0.29) is 24.3 Å². The molecule has 0 radical (unpaired) electrons. The van der Waals surface area contributed by atoms with Gasteiger partial charge in [-0.05, 0) is 67.8 Å². The molecule has 172 valence electrons. The monoisotopic (exact) mass is 463 g/mol. The minimum absolute atomic E-state index is 0.0846. The molecule has 1 N–H and O–H groups in total. The summed E-state index contributed by atoms with van der Waals surface area (Å²) in [7, 11) is 1.61. The summed E-state index contributed by atoms with van der Waals surface area (Å²) < 4.78 is 0. The van der Waals surface area contributed by atoms with E-state index in [0.29, 0.717) is 18.0 Å². The molecule has 2 aromatic rings. The predicted molar refractivity (Wildman–Crippen MR) is 129 cm³/mol. The lowest BCUT2D eigenvalue weighted by molar-refractivity contribution is -0.129. The molecule has 2 fully saturated rings. The van der Waals surface area contributed by atoms with Crippen molar-refractivity contribution in [2.75, 3.05) is 31.3 Å². The Balaban J connectivity index is 1.62. The molecule has 1 aliphatic carbocycles. The van der Waals surface area contributed by atoms with Crippen LogP contribution in [0.3, 0.4) is 0 Å². The molecule has 2 heterocycles. The van der Waals surface area contributed by atoms with E-state index in [4.69, 9.17) is 0 Å². The van der Waals surface area contributed by atoms with Crippen molar-refractivity contribution < 1.29 is 14.4 Å². The molecule has 7 heteroatoms. The van der Waals surface area contributed by atoms with Crippen LogP contribution in [0, 0.1) is 11.8 Å². The number of nitrogens with zero attached hydrogens (tertiary/aromatic N) is 2. The molecule has 2 aliphatic heterocycles. The largest absolute Gasteiger partial charge is 0.359 e. The molecule has 0 bridgehead atoms. The minimum Gasteiger partial charge on any atom is -0.359 e. The molecule has 2 aromatic carbocycles. The number of hydrogen-bond donors (Lipinski definition) is 1. The summed E-state index contributed by atoms with van der Waals surface area (Å²) in [6, 6.07) is 15.3. The van der Waals surface area contributed by atoms with Crippen molar-refractivity contribution in [2.45, 2.75) is 36.1 Å². The van der Waals surface area contributed by atoms with E-state index in [0.717, 1.165) is 29.0 Å². The fourth-order valence-corrected chi connectivity index (χ4v) is 5.95. The van der Waals surface area contributed by atoms with E-state index < -0.39 is 17.4 Å². The standard InChI is InChI=1S/C26H29N3O3S/c1-26-22(19-6-4-5-7-21(19)28(25(26)32)14-16-8-9-16)20(23(30)27-2)15-29(26)24(31)17-10-12-18(33-3)13-11-17/h4-7,10-13,16,20,22H,8-9,14-15H2,1-3H3,(H,27,30)/t20-,22+,26-/m0/s1. The fourth-order valence-electron chi connectivity index (χ4n) is 5.54. The zero-order valence-electron chi connectivity index (χ0n) is 19.2.